The fraction of sp³-hybridized carbons (Fsp3) is 1.00. The first-order valence-electron chi connectivity index (χ1n) is 4.27. The summed E-state index contributed by atoms with van der Waals surface area (Å²) in [6, 6.07) is 0. The van der Waals surface area contributed by atoms with E-state index in [9.17, 15) is 29.7 Å². The monoisotopic (exact) mass is 336 g/mol. The number of hydrogen-bond donors (Lipinski definition) is 4. The van der Waals surface area contributed by atoms with E-state index in [-0.39, 0.29) is 103 Å². The molecule has 0 aromatic heterocycles. The van der Waals surface area contributed by atoms with Crippen LogP contribution in [-0.4, -0.2) is 57.7 Å². The minimum atomic E-state index is -5.41. The molecule has 0 aliphatic carbocycles. The van der Waals surface area contributed by atoms with Gasteiger partial charge in [-0.3, -0.25) is 0 Å². The molecule has 0 aromatic carbocycles. The van der Waals surface area contributed by atoms with E-state index >= 15 is 0 Å². The molecule has 1 aliphatic rings. The van der Waals surface area contributed by atoms with Gasteiger partial charge in [0.05, 0.1) is 14.4 Å². The maximum absolute atomic E-state index is 10.3. The van der Waals surface area contributed by atoms with Crippen LogP contribution in [0.25, 0.3) is 0 Å². The van der Waals surface area contributed by atoms with Crippen LogP contribution in [0.4, 0.5) is 0 Å². The first-order valence-corrected chi connectivity index (χ1v) is 5.73. The Morgan fingerprint density at radius 3 is 2.00 bits per heavy atom. The molecule has 12 heteroatoms. The van der Waals surface area contributed by atoms with E-state index in [0.29, 0.717) is 0 Å². The number of rotatable bonds is 3. The normalized spacial score (nSPS) is 36.4. The van der Waals surface area contributed by atoms with Crippen LogP contribution >= 0.6 is 7.82 Å². The molecule has 1 aliphatic heterocycles. The zero-order chi connectivity index (χ0) is 12.5. The molecule has 0 aromatic rings. The van der Waals surface area contributed by atoms with Crippen LogP contribution < -0.4 is 113 Å². The van der Waals surface area contributed by atoms with Gasteiger partial charge in [0.1, 0.15) is 24.4 Å². The summed E-state index contributed by atoms with van der Waals surface area (Å²) >= 11 is 0. The van der Waals surface area contributed by atoms with Crippen LogP contribution in [-0.2, 0) is 13.8 Å². The molecule has 1 saturated heterocycles. The summed E-state index contributed by atoms with van der Waals surface area (Å²) in [5, 5.41) is 36.5. The smallest absolute Gasteiger partial charge is 0.790 e. The average molecular weight is 336 g/mol. The summed E-state index contributed by atoms with van der Waals surface area (Å²) in [6.45, 7) is -0.743. The van der Waals surface area contributed by atoms with Crippen LogP contribution in [0.3, 0.4) is 0 Å². The predicted molar refractivity (Wildman–Crippen MR) is 42.5 cm³/mol. The Balaban J connectivity index is 0. The molecule has 0 radical (unpaired) electrons. The standard InChI is InChI=1S/C6H13O9P.2K/c7-1-2-3(8)4(9)5(10)6(14-2)15-16(11,12)13;;/h2-10H,1H2,(H2,11,12,13);;/q;2*+1/p-2/t2?,3-,4-,5?,6-;;/m0../s1. The van der Waals surface area contributed by atoms with Gasteiger partial charge < -0.3 is 44.0 Å². The summed E-state index contributed by atoms with van der Waals surface area (Å²) in [7, 11) is -5.41. The van der Waals surface area contributed by atoms with Crippen LogP contribution in [0.1, 0.15) is 0 Å². The molecule has 18 heavy (non-hydrogen) atoms. The summed E-state index contributed by atoms with van der Waals surface area (Å²) in [4.78, 5) is 20.6. The second kappa shape index (κ2) is 10.1. The fourth-order valence-corrected chi connectivity index (χ4v) is 1.71. The Morgan fingerprint density at radius 1 is 1.11 bits per heavy atom. The van der Waals surface area contributed by atoms with Gasteiger partial charge in [0.15, 0.2) is 6.29 Å². The SMILES string of the molecule is O=P([O-])([O-])O[C@@H]1OC(CO)[C@H](O)[C@H](O)C1O.[K+].[K+]. The molecule has 1 fully saturated rings. The molecular formula is C6H11K2O9P. The van der Waals surface area contributed by atoms with Crippen LogP contribution in [0.2, 0.25) is 0 Å². The Bertz CT molecular complexity index is 284. The second-order valence-electron chi connectivity index (χ2n) is 3.25. The zero-order valence-electron chi connectivity index (χ0n) is 9.87. The molecule has 0 spiro atoms. The van der Waals surface area contributed by atoms with Gasteiger partial charge in [0.25, 0.3) is 0 Å². The van der Waals surface area contributed by atoms with Crippen LogP contribution in [0.5, 0.6) is 0 Å². The van der Waals surface area contributed by atoms with E-state index in [1.54, 1.807) is 0 Å². The average Bonchev–Trinajstić information content (AvgIpc) is 2.17. The minimum Gasteiger partial charge on any atom is -0.790 e. The second-order valence-corrected chi connectivity index (χ2v) is 4.36. The number of ether oxygens (including phenoxy) is 1. The Hall–Kier alpha value is 3.18. The summed E-state index contributed by atoms with van der Waals surface area (Å²) in [6.07, 6.45) is -8.61. The largest absolute Gasteiger partial charge is 1.00 e. The summed E-state index contributed by atoms with van der Waals surface area (Å²) in [5.74, 6) is 0. The van der Waals surface area contributed by atoms with Crippen molar-refractivity contribution in [2.24, 2.45) is 0 Å². The van der Waals surface area contributed by atoms with Crippen molar-refractivity contribution >= 4 is 7.82 Å². The van der Waals surface area contributed by atoms with Gasteiger partial charge in [-0.1, -0.05) is 0 Å². The third-order valence-corrected chi connectivity index (χ3v) is 2.55. The number of phosphoric ester groups is 1. The van der Waals surface area contributed by atoms with E-state index in [1.165, 1.54) is 0 Å². The molecule has 0 bridgehead atoms. The number of phosphoric acid groups is 1. The predicted octanol–water partition coefficient (Wildman–Crippen LogP) is -10.4. The molecule has 4 N–H and O–H groups in total. The van der Waals surface area contributed by atoms with E-state index in [1.807, 2.05) is 0 Å². The zero-order valence-corrected chi connectivity index (χ0v) is 17.0. The van der Waals surface area contributed by atoms with Crippen molar-refractivity contribution in [1.29, 1.82) is 0 Å². The first-order chi connectivity index (χ1) is 7.26. The number of hydrogen-bond acceptors (Lipinski definition) is 9. The molecule has 1 heterocycles. The molecule has 96 valence electrons. The van der Waals surface area contributed by atoms with Crippen molar-refractivity contribution in [3.63, 3.8) is 0 Å². The number of aliphatic hydroxyl groups excluding tert-OH is 4. The van der Waals surface area contributed by atoms with Crippen molar-refractivity contribution < 1.29 is 147 Å². The third-order valence-electron chi connectivity index (χ3n) is 2.08. The Morgan fingerprint density at radius 2 is 1.61 bits per heavy atom. The molecular weight excluding hydrogens is 325 g/mol. The van der Waals surface area contributed by atoms with Gasteiger partial charge in [-0.05, 0) is 0 Å². The van der Waals surface area contributed by atoms with Crippen LogP contribution in [0.15, 0.2) is 0 Å². The van der Waals surface area contributed by atoms with E-state index < -0.39 is 45.1 Å². The van der Waals surface area contributed by atoms with E-state index in [0.717, 1.165) is 0 Å². The summed E-state index contributed by atoms with van der Waals surface area (Å²) in [5.41, 5.74) is 0. The van der Waals surface area contributed by atoms with Gasteiger partial charge in [0.2, 0.25) is 0 Å². The molecule has 2 unspecified atom stereocenters. The summed E-state index contributed by atoms with van der Waals surface area (Å²) < 4.78 is 18.7. The third kappa shape index (κ3) is 6.96. The maximum atomic E-state index is 10.3. The number of aliphatic hydroxyl groups is 4. The van der Waals surface area contributed by atoms with Gasteiger partial charge in [0, 0.05) is 0 Å². The van der Waals surface area contributed by atoms with Gasteiger partial charge in [-0.25, -0.2) is 0 Å². The Kier molecular flexibility index (Phi) is 13.1. The van der Waals surface area contributed by atoms with Crippen molar-refractivity contribution in [2.75, 3.05) is 6.61 Å². The molecule has 0 saturated carbocycles. The van der Waals surface area contributed by atoms with Crippen molar-refractivity contribution in [3.8, 4) is 0 Å². The van der Waals surface area contributed by atoms with Gasteiger partial charge in [-0.15, -0.1) is 0 Å². The molecule has 1 rings (SSSR count). The van der Waals surface area contributed by atoms with Crippen LogP contribution in [0, 0.1) is 0 Å². The van der Waals surface area contributed by atoms with E-state index in [2.05, 4.69) is 9.26 Å². The van der Waals surface area contributed by atoms with Crippen molar-refractivity contribution in [3.05, 3.63) is 0 Å². The quantitative estimate of drug-likeness (QED) is 0.289. The maximum Gasteiger partial charge on any atom is 1.00 e. The molecule has 0 amide bonds. The van der Waals surface area contributed by atoms with E-state index in [4.69, 9.17) is 5.11 Å². The Labute approximate surface area is 188 Å². The fourth-order valence-electron chi connectivity index (χ4n) is 1.28. The van der Waals surface area contributed by atoms with Crippen molar-refractivity contribution in [2.45, 2.75) is 30.7 Å². The molecule has 9 nitrogen and oxygen atoms in total. The van der Waals surface area contributed by atoms with Gasteiger partial charge in [-0.2, -0.15) is 0 Å². The topological polar surface area (TPSA) is 163 Å². The van der Waals surface area contributed by atoms with Crippen molar-refractivity contribution in [1.82, 2.24) is 0 Å². The molecule has 5 atom stereocenters. The minimum absolute atomic E-state index is 0. The first kappa shape index (κ1) is 23.4. The van der Waals surface area contributed by atoms with Gasteiger partial charge >= 0.3 is 103 Å².